The second-order valence-corrected chi connectivity index (χ2v) is 4.74. The highest BCUT2D eigenvalue weighted by molar-refractivity contribution is 5.41. The Morgan fingerprint density at radius 3 is 2.38 bits per heavy atom. The Labute approximate surface area is 124 Å². The van der Waals surface area contributed by atoms with Crippen molar-refractivity contribution in [1.82, 2.24) is 0 Å². The first-order valence-corrected chi connectivity index (χ1v) is 6.72. The van der Waals surface area contributed by atoms with Gasteiger partial charge in [0.05, 0.1) is 20.8 Å². The van der Waals surface area contributed by atoms with E-state index in [2.05, 4.69) is 0 Å². The standard InChI is InChI=1S/C17H20O4/c1-12-4-7-16(20-3)14(8-12)11-21-17-9-15(19-2)6-5-13(17)10-18/h4-9,18H,10-11H2,1-3H3. The fraction of sp³-hybridized carbons (Fsp3) is 0.294. The van der Waals surface area contributed by atoms with Gasteiger partial charge in [0.2, 0.25) is 0 Å². The van der Waals surface area contributed by atoms with Crippen molar-refractivity contribution in [3.63, 3.8) is 0 Å². The molecule has 2 aromatic carbocycles. The molecule has 0 bridgehead atoms. The van der Waals surface area contributed by atoms with Crippen molar-refractivity contribution in [2.45, 2.75) is 20.1 Å². The average molecular weight is 288 g/mol. The van der Waals surface area contributed by atoms with Crippen molar-refractivity contribution >= 4 is 0 Å². The molecule has 0 aromatic heterocycles. The van der Waals surface area contributed by atoms with Crippen LogP contribution in [0.1, 0.15) is 16.7 Å². The second-order valence-electron chi connectivity index (χ2n) is 4.74. The number of aliphatic hydroxyl groups excluding tert-OH is 1. The number of hydrogen-bond donors (Lipinski definition) is 1. The van der Waals surface area contributed by atoms with Gasteiger partial charge in [-0.15, -0.1) is 0 Å². The van der Waals surface area contributed by atoms with Gasteiger partial charge in [0.25, 0.3) is 0 Å². The van der Waals surface area contributed by atoms with Crippen LogP contribution in [0, 0.1) is 6.92 Å². The summed E-state index contributed by atoms with van der Waals surface area (Å²) in [5.74, 6) is 2.09. The van der Waals surface area contributed by atoms with Crippen LogP contribution in [0.3, 0.4) is 0 Å². The zero-order valence-corrected chi connectivity index (χ0v) is 12.6. The molecular formula is C17H20O4. The predicted molar refractivity (Wildman–Crippen MR) is 81.0 cm³/mol. The summed E-state index contributed by atoms with van der Waals surface area (Å²) in [6.07, 6.45) is 0. The van der Waals surface area contributed by atoms with E-state index in [1.54, 1.807) is 32.4 Å². The first kappa shape index (κ1) is 15.2. The lowest BCUT2D eigenvalue weighted by atomic mass is 10.1. The first-order valence-electron chi connectivity index (χ1n) is 6.72. The predicted octanol–water partition coefficient (Wildman–Crippen LogP) is 3.08. The van der Waals surface area contributed by atoms with E-state index in [9.17, 15) is 5.11 Å². The van der Waals surface area contributed by atoms with Gasteiger partial charge >= 0.3 is 0 Å². The summed E-state index contributed by atoms with van der Waals surface area (Å²) >= 11 is 0. The Morgan fingerprint density at radius 1 is 0.905 bits per heavy atom. The monoisotopic (exact) mass is 288 g/mol. The normalized spacial score (nSPS) is 10.3. The van der Waals surface area contributed by atoms with E-state index in [1.807, 2.05) is 25.1 Å². The molecule has 112 valence electrons. The van der Waals surface area contributed by atoms with Gasteiger partial charge < -0.3 is 19.3 Å². The van der Waals surface area contributed by atoms with E-state index < -0.39 is 0 Å². The number of aliphatic hydroxyl groups is 1. The molecule has 0 atom stereocenters. The second kappa shape index (κ2) is 6.99. The minimum atomic E-state index is -0.0791. The van der Waals surface area contributed by atoms with E-state index in [0.717, 1.165) is 22.4 Å². The highest BCUT2D eigenvalue weighted by atomic mass is 16.5. The molecule has 0 saturated heterocycles. The summed E-state index contributed by atoms with van der Waals surface area (Å²) in [4.78, 5) is 0. The van der Waals surface area contributed by atoms with Gasteiger partial charge in [-0.05, 0) is 31.2 Å². The first-order chi connectivity index (χ1) is 10.2. The molecule has 4 heteroatoms. The third-order valence-electron chi connectivity index (χ3n) is 3.26. The molecule has 0 aliphatic carbocycles. The molecule has 0 amide bonds. The molecule has 0 spiro atoms. The van der Waals surface area contributed by atoms with Crippen LogP contribution in [0.5, 0.6) is 17.2 Å². The maximum atomic E-state index is 9.38. The van der Waals surface area contributed by atoms with Crippen molar-refractivity contribution in [1.29, 1.82) is 0 Å². The van der Waals surface area contributed by atoms with Crippen LogP contribution in [0.25, 0.3) is 0 Å². The summed E-state index contributed by atoms with van der Waals surface area (Å²) < 4.78 is 16.4. The lowest BCUT2D eigenvalue weighted by Crippen LogP contribution is -2.02. The van der Waals surface area contributed by atoms with Gasteiger partial charge in [0.15, 0.2) is 0 Å². The van der Waals surface area contributed by atoms with Crippen LogP contribution in [-0.4, -0.2) is 19.3 Å². The third kappa shape index (κ3) is 3.67. The average Bonchev–Trinajstić information content (AvgIpc) is 2.52. The van der Waals surface area contributed by atoms with Crippen LogP contribution in [0.4, 0.5) is 0 Å². The number of aryl methyl sites for hydroxylation is 1. The molecule has 0 radical (unpaired) electrons. The van der Waals surface area contributed by atoms with Crippen molar-refractivity contribution < 1.29 is 19.3 Å². The topological polar surface area (TPSA) is 47.9 Å². The highest BCUT2D eigenvalue weighted by Gasteiger charge is 2.08. The molecule has 0 saturated carbocycles. The van der Waals surface area contributed by atoms with Gasteiger partial charge in [-0.1, -0.05) is 11.6 Å². The molecule has 0 fully saturated rings. The Balaban J connectivity index is 2.21. The van der Waals surface area contributed by atoms with Gasteiger partial charge in [-0.2, -0.15) is 0 Å². The van der Waals surface area contributed by atoms with Gasteiger partial charge in [-0.3, -0.25) is 0 Å². The fourth-order valence-corrected chi connectivity index (χ4v) is 2.10. The van der Waals surface area contributed by atoms with Crippen LogP contribution < -0.4 is 14.2 Å². The molecule has 1 N–H and O–H groups in total. The Hall–Kier alpha value is -2.20. The number of ether oxygens (including phenoxy) is 3. The SMILES string of the molecule is COc1ccc(CO)c(OCc2cc(C)ccc2OC)c1. The quantitative estimate of drug-likeness (QED) is 0.887. The van der Waals surface area contributed by atoms with Crippen LogP contribution in [0.15, 0.2) is 36.4 Å². The molecule has 0 aliphatic heterocycles. The number of rotatable bonds is 6. The van der Waals surface area contributed by atoms with E-state index in [4.69, 9.17) is 14.2 Å². The van der Waals surface area contributed by atoms with E-state index in [0.29, 0.717) is 18.1 Å². The molecule has 0 heterocycles. The number of methoxy groups -OCH3 is 2. The van der Waals surface area contributed by atoms with Gasteiger partial charge in [-0.25, -0.2) is 0 Å². The summed E-state index contributed by atoms with van der Waals surface area (Å²) in [7, 11) is 3.24. The zero-order chi connectivity index (χ0) is 15.2. The highest BCUT2D eigenvalue weighted by Crippen LogP contribution is 2.27. The maximum Gasteiger partial charge on any atom is 0.129 e. The van der Waals surface area contributed by atoms with Crippen molar-refractivity contribution in [2.24, 2.45) is 0 Å². The largest absolute Gasteiger partial charge is 0.497 e. The van der Waals surface area contributed by atoms with Crippen molar-refractivity contribution in [2.75, 3.05) is 14.2 Å². The van der Waals surface area contributed by atoms with Gasteiger partial charge in [0, 0.05) is 17.2 Å². The van der Waals surface area contributed by atoms with E-state index in [-0.39, 0.29) is 6.61 Å². The molecule has 2 aromatic rings. The molecule has 2 rings (SSSR count). The minimum Gasteiger partial charge on any atom is -0.497 e. The summed E-state index contributed by atoms with van der Waals surface area (Å²) in [5.41, 5.74) is 2.83. The zero-order valence-electron chi connectivity index (χ0n) is 12.6. The smallest absolute Gasteiger partial charge is 0.129 e. The third-order valence-corrected chi connectivity index (χ3v) is 3.26. The summed E-state index contributed by atoms with van der Waals surface area (Å²) in [6.45, 7) is 2.31. The molecule has 4 nitrogen and oxygen atoms in total. The van der Waals surface area contributed by atoms with Crippen molar-refractivity contribution in [3.8, 4) is 17.2 Å². The maximum absolute atomic E-state index is 9.38. The van der Waals surface area contributed by atoms with E-state index in [1.165, 1.54) is 0 Å². The summed E-state index contributed by atoms with van der Waals surface area (Å²) in [6, 6.07) is 11.3. The number of hydrogen-bond acceptors (Lipinski definition) is 4. The fourth-order valence-electron chi connectivity index (χ4n) is 2.10. The van der Waals surface area contributed by atoms with E-state index >= 15 is 0 Å². The Morgan fingerprint density at radius 2 is 1.71 bits per heavy atom. The van der Waals surface area contributed by atoms with Crippen LogP contribution >= 0.6 is 0 Å². The molecule has 0 aliphatic rings. The lowest BCUT2D eigenvalue weighted by Gasteiger charge is -2.14. The van der Waals surface area contributed by atoms with Crippen LogP contribution in [0.2, 0.25) is 0 Å². The lowest BCUT2D eigenvalue weighted by molar-refractivity contribution is 0.255. The van der Waals surface area contributed by atoms with Crippen molar-refractivity contribution in [3.05, 3.63) is 53.1 Å². The minimum absolute atomic E-state index is 0.0791. The Bertz CT molecular complexity index is 608. The van der Waals surface area contributed by atoms with Crippen LogP contribution in [-0.2, 0) is 13.2 Å². The molecule has 21 heavy (non-hydrogen) atoms. The molecular weight excluding hydrogens is 268 g/mol. The number of benzene rings is 2. The summed E-state index contributed by atoms with van der Waals surface area (Å²) in [5, 5.41) is 9.38. The van der Waals surface area contributed by atoms with Gasteiger partial charge in [0.1, 0.15) is 23.9 Å². The molecule has 0 unspecified atom stereocenters. The Kier molecular flexibility index (Phi) is 5.06.